The van der Waals surface area contributed by atoms with Crippen LogP contribution in [-0.2, 0) is 9.84 Å². The largest absolute Gasteiger partial charge is 0.495 e. The number of ether oxygens (including phenoxy) is 2. The van der Waals surface area contributed by atoms with Crippen molar-refractivity contribution in [3.63, 3.8) is 0 Å². The van der Waals surface area contributed by atoms with Crippen LogP contribution in [0.3, 0.4) is 0 Å². The lowest BCUT2D eigenvalue weighted by atomic mass is 9.98. The summed E-state index contributed by atoms with van der Waals surface area (Å²) in [5.74, 6) is 0.767. The van der Waals surface area contributed by atoms with Gasteiger partial charge in [-0.2, -0.15) is 8.78 Å². The molecule has 3 rings (SSSR count). The second kappa shape index (κ2) is 8.75. The number of halogens is 3. The Bertz CT molecular complexity index is 971. The van der Waals surface area contributed by atoms with Gasteiger partial charge < -0.3 is 14.4 Å². The Morgan fingerprint density at radius 3 is 2.55 bits per heavy atom. The van der Waals surface area contributed by atoms with Crippen LogP contribution >= 0.6 is 11.6 Å². The normalized spacial score (nSPS) is 20.0. The average molecular weight is 446 g/mol. The van der Waals surface area contributed by atoms with E-state index in [0.717, 1.165) is 18.9 Å². The molecule has 5 nitrogen and oxygen atoms in total. The number of rotatable bonds is 6. The van der Waals surface area contributed by atoms with E-state index in [9.17, 15) is 17.2 Å². The molecule has 1 aliphatic rings. The molecule has 0 radical (unpaired) electrons. The fraction of sp³-hybridized carbons (Fsp3) is 0.400. The molecule has 0 amide bonds. The third kappa shape index (κ3) is 4.75. The number of piperidine rings is 1. The van der Waals surface area contributed by atoms with Crippen molar-refractivity contribution in [2.24, 2.45) is 5.92 Å². The molecule has 2 unspecified atom stereocenters. The zero-order valence-electron chi connectivity index (χ0n) is 16.0. The SMILES string of the molecule is COc1ccc(S(=O)(=O)c2cccc(OC(F)F)c2)cc1N1CCC(C)CC1Cl. The number of hydrogen-bond acceptors (Lipinski definition) is 5. The molecule has 2 aromatic rings. The van der Waals surface area contributed by atoms with E-state index >= 15 is 0 Å². The molecule has 0 spiro atoms. The zero-order valence-corrected chi connectivity index (χ0v) is 17.6. The van der Waals surface area contributed by atoms with Crippen LogP contribution in [0.2, 0.25) is 0 Å². The smallest absolute Gasteiger partial charge is 0.387 e. The van der Waals surface area contributed by atoms with E-state index in [1.807, 2.05) is 4.90 Å². The molecule has 1 aliphatic heterocycles. The van der Waals surface area contributed by atoms with Gasteiger partial charge in [-0.25, -0.2) is 8.42 Å². The molecule has 0 aliphatic carbocycles. The highest BCUT2D eigenvalue weighted by Gasteiger charge is 2.28. The summed E-state index contributed by atoms with van der Waals surface area (Å²) >= 11 is 6.53. The molecule has 2 aromatic carbocycles. The molecule has 0 saturated carbocycles. The molecule has 0 aromatic heterocycles. The van der Waals surface area contributed by atoms with E-state index < -0.39 is 16.4 Å². The molecule has 158 valence electrons. The Hall–Kier alpha value is -2.06. The van der Waals surface area contributed by atoms with Crippen LogP contribution < -0.4 is 14.4 Å². The van der Waals surface area contributed by atoms with Gasteiger partial charge >= 0.3 is 6.61 Å². The van der Waals surface area contributed by atoms with Crippen molar-refractivity contribution >= 4 is 27.1 Å². The van der Waals surface area contributed by atoms with Crippen LogP contribution in [0.25, 0.3) is 0 Å². The van der Waals surface area contributed by atoms with E-state index in [0.29, 0.717) is 23.9 Å². The molecular formula is C20H22ClF2NO4S. The van der Waals surface area contributed by atoms with Crippen LogP contribution in [0.5, 0.6) is 11.5 Å². The summed E-state index contributed by atoms with van der Waals surface area (Å²) in [4.78, 5) is 1.81. The predicted octanol–water partition coefficient (Wildman–Crippen LogP) is 4.93. The number of anilines is 1. The van der Waals surface area contributed by atoms with Gasteiger partial charge in [0.2, 0.25) is 9.84 Å². The van der Waals surface area contributed by atoms with Gasteiger partial charge in [0.15, 0.2) is 0 Å². The minimum atomic E-state index is -3.96. The van der Waals surface area contributed by atoms with Gasteiger partial charge in [-0.1, -0.05) is 24.6 Å². The first-order valence-electron chi connectivity index (χ1n) is 9.11. The second-order valence-electron chi connectivity index (χ2n) is 6.95. The van der Waals surface area contributed by atoms with E-state index in [4.69, 9.17) is 16.3 Å². The average Bonchev–Trinajstić information content (AvgIpc) is 2.67. The second-order valence-corrected chi connectivity index (χ2v) is 9.40. The van der Waals surface area contributed by atoms with Gasteiger partial charge in [-0.3, -0.25) is 0 Å². The van der Waals surface area contributed by atoms with Crippen molar-refractivity contribution in [3.05, 3.63) is 42.5 Å². The number of methoxy groups -OCH3 is 1. The zero-order chi connectivity index (χ0) is 21.2. The summed E-state index contributed by atoms with van der Waals surface area (Å²) in [5, 5.41) is 0. The fourth-order valence-electron chi connectivity index (χ4n) is 3.36. The van der Waals surface area contributed by atoms with Crippen LogP contribution in [0, 0.1) is 5.92 Å². The van der Waals surface area contributed by atoms with E-state index in [-0.39, 0.29) is 21.0 Å². The van der Waals surface area contributed by atoms with Crippen LogP contribution in [0.4, 0.5) is 14.5 Å². The Balaban J connectivity index is 2.00. The third-order valence-corrected chi connectivity index (χ3v) is 7.07. The number of alkyl halides is 3. The van der Waals surface area contributed by atoms with Crippen molar-refractivity contribution in [1.82, 2.24) is 0 Å². The monoisotopic (exact) mass is 445 g/mol. The maximum atomic E-state index is 13.1. The van der Waals surface area contributed by atoms with E-state index in [2.05, 4.69) is 11.7 Å². The Morgan fingerprint density at radius 1 is 1.17 bits per heavy atom. The molecule has 1 saturated heterocycles. The topological polar surface area (TPSA) is 55.8 Å². The molecule has 1 heterocycles. The highest BCUT2D eigenvalue weighted by Crippen LogP contribution is 2.38. The van der Waals surface area contributed by atoms with Crippen LogP contribution in [-0.4, -0.2) is 34.2 Å². The number of nitrogens with zero attached hydrogens (tertiary/aromatic N) is 1. The minimum Gasteiger partial charge on any atom is -0.495 e. The van der Waals surface area contributed by atoms with Gasteiger partial charge in [0.05, 0.1) is 22.6 Å². The Kier molecular flexibility index (Phi) is 6.53. The summed E-state index contributed by atoms with van der Waals surface area (Å²) in [6.07, 6.45) is 1.70. The highest BCUT2D eigenvalue weighted by atomic mass is 35.5. The Labute approximate surface area is 174 Å². The van der Waals surface area contributed by atoms with Gasteiger partial charge in [0.25, 0.3) is 0 Å². The van der Waals surface area contributed by atoms with E-state index in [1.165, 1.54) is 37.4 Å². The van der Waals surface area contributed by atoms with Crippen molar-refractivity contribution in [3.8, 4) is 11.5 Å². The summed E-state index contributed by atoms with van der Waals surface area (Å²) < 4.78 is 60.9. The standard InChI is InChI=1S/C20H22ClF2NO4S/c1-13-8-9-24(19(21)10-13)17-12-16(6-7-18(17)27-2)29(25,26)15-5-3-4-14(11-15)28-20(22)23/h3-7,11-13,19-20H,8-10H2,1-2H3. The minimum absolute atomic E-state index is 0.0185. The maximum Gasteiger partial charge on any atom is 0.387 e. The first kappa shape index (κ1) is 21.6. The summed E-state index contributed by atoms with van der Waals surface area (Å²) in [5.41, 5.74) is 0.300. The van der Waals surface area contributed by atoms with Gasteiger partial charge in [0.1, 0.15) is 17.0 Å². The number of benzene rings is 2. The number of sulfone groups is 1. The lowest BCUT2D eigenvalue weighted by molar-refractivity contribution is -0.0499. The first-order valence-corrected chi connectivity index (χ1v) is 11.0. The van der Waals surface area contributed by atoms with Gasteiger partial charge in [0, 0.05) is 6.54 Å². The summed E-state index contributed by atoms with van der Waals surface area (Å²) in [6.45, 7) is -0.241. The van der Waals surface area contributed by atoms with Crippen molar-refractivity contribution in [2.75, 3.05) is 18.6 Å². The molecule has 2 atom stereocenters. The lowest BCUT2D eigenvalue weighted by Crippen LogP contribution is -2.39. The molecular weight excluding hydrogens is 424 g/mol. The third-order valence-electron chi connectivity index (χ3n) is 4.91. The predicted molar refractivity (Wildman–Crippen MR) is 107 cm³/mol. The maximum absolute atomic E-state index is 13.1. The van der Waals surface area contributed by atoms with Crippen LogP contribution in [0.15, 0.2) is 52.3 Å². The summed E-state index contributed by atoms with van der Waals surface area (Å²) in [7, 11) is -2.45. The van der Waals surface area contributed by atoms with Crippen LogP contribution in [0.1, 0.15) is 19.8 Å². The first-order chi connectivity index (χ1) is 13.7. The molecule has 0 bridgehead atoms. The molecule has 9 heteroatoms. The van der Waals surface area contributed by atoms with Gasteiger partial charge in [-0.15, -0.1) is 0 Å². The summed E-state index contributed by atoms with van der Waals surface area (Å²) in [6, 6.07) is 9.56. The fourth-order valence-corrected chi connectivity index (χ4v) is 5.19. The van der Waals surface area contributed by atoms with Crippen molar-refractivity contribution < 1.29 is 26.7 Å². The number of hydrogen-bond donors (Lipinski definition) is 0. The van der Waals surface area contributed by atoms with Gasteiger partial charge in [-0.05, 0) is 55.2 Å². The quantitative estimate of drug-likeness (QED) is 0.466. The van der Waals surface area contributed by atoms with Crippen molar-refractivity contribution in [1.29, 1.82) is 0 Å². The van der Waals surface area contributed by atoms with E-state index in [1.54, 1.807) is 6.07 Å². The Morgan fingerprint density at radius 2 is 1.90 bits per heavy atom. The molecule has 1 fully saturated rings. The highest BCUT2D eigenvalue weighted by molar-refractivity contribution is 7.91. The van der Waals surface area contributed by atoms with Crippen molar-refractivity contribution in [2.45, 2.75) is 41.7 Å². The molecule has 0 N–H and O–H groups in total. The molecule has 29 heavy (non-hydrogen) atoms. The lowest BCUT2D eigenvalue weighted by Gasteiger charge is -2.37.